The highest BCUT2D eigenvalue weighted by Crippen LogP contribution is 2.28. The van der Waals surface area contributed by atoms with Gasteiger partial charge in [-0.1, -0.05) is 41.8 Å². The zero-order valence-corrected chi connectivity index (χ0v) is 25.3. The van der Waals surface area contributed by atoms with E-state index in [-0.39, 0.29) is 24.1 Å². The fraction of sp³-hybridized carbons (Fsp3) is 0.308. The maximum Gasteiger partial charge on any atom is 0.251 e. The third-order valence-corrected chi connectivity index (χ3v) is 8.20. The van der Waals surface area contributed by atoms with Gasteiger partial charge in [-0.3, -0.25) is 19.5 Å². The van der Waals surface area contributed by atoms with Gasteiger partial charge in [0.2, 0.25) is 11.0 Å². The van der Waals surface area contributed by atoms with Gasteiger partial charge in [0, 0.05) is 11.3 Å². The molecule has 2 heterocycles. The molecular formula is C26H29N7O5S3. The lowest BCUT2D eigenvalue weighted by Gasteiger charge is -2.12. The molecule has 4 rings (SSSR count). The maximum absolute atomic E-state index is 12.9. The molecule has 0 aliphatic heterocycles. The summed E-state index contributed by atoms with van der Waals surface area (Å²) >= 11 is 4.11. The lowest BCUT2D eigenvalue weighted by Crippen LogP contribution is -2.24. The number of amides is 2. The Labute approximate surface area is 249 Å². The summed E-state index contributed by atoms with van der Waals surface area (Å²) in [6.45, 7) is 4.57. The predicted octanol–water partition coefficient (Wildman–Crippen LogP) is 4.31. The van der Waals surface area contributed by atoms with Crippen LogP contribution in [0, 0.1) is 0 Å². The molecule has 4 aromatic rings. The molecule has 15 heteroatoms. The van der Waals surface area contributed by atoms with E-state index in [1.807, 2.05) is 38.1 Å². The zero-order chi connectivity index (χ0) is 29.2. The Kier molecular flexibility index (Phi) is 10.8. The van der Waals surface area contributed by atoms with E-state index in [0.717, 1.165) is 21.5 Å². The first-order chi connectivity index (χ1) is 19.9. The van der Waals surface area contributed by atoms with Crippen LogP contribution in [-0.4, -0.2) is 69.1 Å². The van der Waals surface area contributed by atoms with E-state index in [9.17, 15) is 9.59 Å². The molecule has 0 saturated heterocycles. The Morgan fingerprint density at radius 3 is 2.44 bits per heavy atom. The van der Waals surface area contributed by atoms with Crippen molar-refractivity contribution in [2.75, 3.05) is 37.6 Å². The van der Waals surface area contributed by atoms with Gasteiger partial charge in [-0.2, -0.15) is 0 Å². The standard InChI is InChI=1S/C26H29N7O5S3/c1-5-38-18-10-8-17(9-11-18)33-21(14-27-23(35)16-7-12-19(36-3)20(13-16)37-4)29-31-25(33)40-15-22(34)28-24-30-32-26(41-24)39-6-2/h7-13H,5-6,14-15H2,1-4H3,(H,27,35)(H,28,30,34). The molecular weight excluding hydrogens is 587 g/mol. The lowest BCUT2D eigenvalue weighted by molar-refractivity contribution is -0.113. The topological polar surface area (TPSA) is 142 Å². The van der Waals surface area contributed by atoms with E-state index in [1.165, 1.54) is 37.3 Å². The first kappa shape index (κ1) is 30.1. The number of rotatable bonds is 14. The van der Waals surface area contributed by atoms with Crippen LogP contribution in [0.4, 0.5) is 5.13 Å². The summed E-state index contributed by atoms with van der Waals surface area (Å²) in [6.07, 6.45) is 0. The van der Waals surface area contributed by atoms with Gasteiger partial charge in [0.25, 0.3) is 5.91 Å². The van der Waals surface area contributed by atoms with Gasteiger partial charge in [0.05, 0.1) is 33.1 Å². The number of nitrogens with one attached hydrogen (secondary N) is 2. The molecule has 0 aliphatic rings. The van der Waals surface area contributed by atoms with Crippen molar-refractivity contribution in [1.29, 1.82) is 0 Å². The third kappa shape index (κ3) is 7.89. The van der Waals surface area contributed by atoms with Crippen LogP contribution in [0.3, 0.4) is 0 Å². The van der Waals surface area contributed by atoms with Crippen LogP contribution >= 0.6 is 34.9 Å². The summed E-state index contributed by atoms with van der Waals surface area (Å²) in [4.78, 5) is 25.6. The van der Waals surface area contributed by atoms with Gasteiger partial charge in [-0.15, -0.1) is 20.4 Å². The van der Waals surface area contributed by atoms with E-state index in [1.54, 1.807) is 34.5 Å². The van der Waals surface area contributed by atoms with Gasteiger partial charge in [0.1, 0.15) is 5.75 Å². The average molecular weight is 616 g/mol. The fourth-order valence-corrected chi connectivity index (χ4v) is 6.03. The third-order valence-electron chi connectivity index (χ3n) is 5.41. The number of benzene rings is 2. The van der Waals surface area contributed by atoms with Crippen LogP contribution in [0.15, 0.2) is 52.0 Å². The van der Waals surface area contributed by atoms with Gasteiger partial charge >= 0.3 is 0 Å². The average Bonchev–Trinajstić information content (AvgIpc) is 3.61. The Bertz CT molecular complexity index is 1480. The first-order valence-electron chi connectivity index (χ1n) is 12.5. The van der Waals surface area contributed by atoms with Crippen LogP contribution in [0.1, 0.15) is 30.0 Å². The van der Waals surface area contributed by atoms with Crippen molar-refractivity contribution >= 4 is 51.8 Å². The van der Waals surface area contributed by atoms with Crippen LogP contribution in [0.25, 0.3) is 5.69 Å². The second kappa shape index (κ2) is 14.7. The van der Waals surface area contributed by atoms with Gasteiger partial charge in [0.15, 0.2) is 26.8 Å². The number of hydrogen-bond acceptors (Lipinski definition) is 12. The molecule has 2 aromatic carbocycles. The molecule has 0 fully saturated rings. The molecule has 0 saturated carbocycles. The minimum Gasteiger partial charge on any atom is -0.494 e. The monoisotopic (exact) mass is 615 g/mol. The van der Waals surface area contributed by atoms with E-state index >= 15 is 0 Å². The summed E-state index contributed by atoms with van der Waals surface area (Å²) in [5.74, 6) is 2.55. The molecule has 0 aliphatic carbocycles. The summed E-state index contributed by atoms with van der Waals surface area (Å²) < 4.78 is 18.7. The molecule has 2 amide bonds. The molecule has 0 atom stereocenters. The molecule has 0 unspecified atom stereocenters. The summed E-state index contributed by atoms with van der Waals surface area (Å²) in [5, 5.41) is 23.3. The number of nitrogens with zero attached hydrogens (tertiary/aromatic N) is 5. The molecule has 0 radical (unpaired) electrons. The lowest BCUT2D eigenvalue weighted by atomic mass is 10.2. The van der Waals surface area contributed by atoms with E-state index in [4.69, 9.17) is 14.2 Å². The molecule has 2 aromatic heterocycles. The van der Waals surface area contributed by atoms with Crippen molar-refractivity contribution in [1.82, 2.24) is 30.3 Å². The van der Waals surface area contributed by atoms with Gasteiger partial charge < -0.3 is 19.5 Å². The molecule has 216 valence electrons. The number of aromatic nitrogens is 5. The number of anilines is 1. The molecule has 0 bridgehead atoms. The quantitative estimate of drug-likeness (QED) is 0.155. The second-order valence-electron chi connectivity index (χ2n) is 8.06. The van der Waals surface area contributed by atoms with Crippen LogP contribution in [0.2, 0.25) is 0 Å². The van der Waals surface area contributed by atoms with E-state index < -0.39 is 0 Å². The number of methoxy groups -OCH3 is 2. The Hall–Kier alpha value is -3.82. The van der Waals surface area contributed by atoms with Crippen LogP contribution in [0.5, 0.6) is 17.2 Å². The number of carbonyl (C=O) groups is 2. The number of ether oxygens (including phenoxy) is 3. The van der Waals surface area contributed by atoms with Crippen molar-refractivity contribution in [2.45, 2.75) is 29.9 Å². The Balaban J connectivity index is 1.50. The minimum atomic E-state index is -0.321. The highest BCUT2D eigenvalue weighted by Gasteiger charge is 2.19. The second-order valence-corrected chi connectivity index (χ2v) is 11.5. The zero-order valence-electron chi connectivity index (χ0n) is 22.9. The fourth-order valence-electron chi connectivity index (χ4n) is 3.59. The minimum absolute atomic E-state index is 0.0724. The van der Waals surface area contributed by atoms with Crippen LogP contribution < -0.4 is 24.8 Å². The highest BCUT2D eigenvalue weighted by atomic mass is 32.2. The first-order valence-corrected chi connectivity index (χ1v) is 15.3. The molecule has 0 spiro atoms. The molecule has 41 heavy (non-hydrogen) atoms. The number of carbonyl (C=O) groups excluding carboxylic acids is 2. The van der Waals surface area contributed by atoms with Crippen molar-refractivity contribution < 1.29 is 23.8 Å². The predicted molar refractivity (Wildman–Crippen MR) is 159 cm³/mol. The smallest absolute Gasteiger partial charge is 0.251 e. The van der Waals surface area contributed by atoms with E-state index in [2.05, 4.69) is 31.0 Å². The Morgan fingerprint density at radius 1 is 0.951 bits per heavy atom. The number of thioether (sulfide) groups is 2. The highest BCUT2D eigenvalue weighted by molar-refractivity contribution is 8.01. The van der Waals surface area contributed by atoms with E-state index in [0.29, 0.717) is 39.8 Å². The summed E-state index contributed by atoms with van der Waals surface area (Å²) in [5.41, 5.74) is 1.15. The summed E-state index contributed by atoms with van der Waals surface area (Å²) in [7, 11) is 3.04. The van der Waals surface area contributed by atoms with Crippen molar-refractivity contribution in [2.24, 2.45) is 0 Å². The molecule has 12 nitrogen and oxygen atoms in total. The largest absolute Gasteiger partial charge is 0.494 e. The van der Waals surface area contributed by atoms with Gasteiger partial charge in [-0.05, 0) is 55.1 Å². The van der Waals surface area contributed by atoms with Crippen LogP contribution in [-0.2, 0) is 11.3 Å². The van der Waals surface area contributed by atoms with Crippen molar-refractivity contribution in [3.63, 3.8) is 0 Å². The number of hydrogen-bond donors (Lipinski definition) is 2. The maximum atomic E-state index is 12.9. The van der Waals surface area contributed by atoms with Crippen molar-refractivity contribution in [3.05, 3.63) is 53.9 Å². The Morgan fingerprint density at radius 2 is 1.73 bits per heavy atom. The normalized spacial score (nSPS) is 10.7. The molecule has 2 N–H and O–H groups in total. The summed E-state index contributed by atoms with van der Waals surface area (Å²) in [6, 6.07) is 12.3. The van der Waals surface area contributed by atoms with Crippen molar-refractivity contribution in [3.8, 4) is 22.9 Å². The van der Waals surface area contributed by atoms with Gasteiger partial charge in [-0.25, -0.2) is 0 Å². The SMILES string of the molecule is CCOc1ccc(-n2c(CNC(=O)c3ccc(OC)c(OC)c3)nnc2SCC(=O)Nc2nnc(SCC)s2)cc1.